The van der Waals surface area contributed by atoms with Crippen LogP contribution in [-0.4, -0.2) is 67.0 Å². The van der Waals surface area contributed by atoms with Crippen LogP contribution in [0, 0.1) is 16.7 Å². The maximum absolute atomic E-state index is 14.2. The molecule has 1 spiro atoms. The van der Waals surface area contributed by atoms with E-state index in [9.17, 15) is 18.0 Å². The zero-order valence-corrected chi connectivity index (χ0v) is 25.6. The van der Waals surface area contributed by atoms with E-state index < -0.39 is 27.5 Å². The number of rotatable bonds is 9. The fourth-order valence-corrected chi connectivity index (χ4v) is 11.0. The second-order valence-electron chi connectivity index (χ2n) is 13.5. The fourth-order valence-electron chi connectivity index (χ4n) is 8.63. The van der Waals surface area contributed by atoms with E-state index >= 15 is 0 Å². The third kappa shape index (κ3) is 4.60. The van der Waals surface area contributed by atoms with Crippen molar-refractivity contribution in [1.82, 2.24) is 14.5 Å². The number of nitrogens with one attached hydrogen (secondary N) is 1. The summed E-state index contributed by atoms with van der Waals surface area (Å²) in [6, 6.07) is 7.23. The van der Waals surface area contributed by atoms with E-state index in [-0.39, 0.29) is 34.4 Å². The van der Waals surface area contributed by atoms with Gasteiger partial charge in [-0.2, -0.15) is 0 Å². The first-order valence-corrected chi connectivity index (χ1v) is 16.9. The Balaban J connectivity index is 1.38. The second-order valence-corrected chi connectivity index (χ2v) is 15.4. The molecular formula is C31H48N4O4S. The number of amides is 3. The fraction of sp³-hybridized carbons (Fsp3) is 0.742. The van der Waals surface area contributed by atoms with Crippen LogP contribution in [0.25, 0.3) is 0 Å². The first kappa shape index (κ1) is 29.5. The molecule has 9 heteroatoms. The number of benzene rings is 1. The van der Waals surface area contributed by atoms with Gasteiger partial charge in [0.2, 0.25) is 10.0 Å². The summed E-state index contributed by atoms with van der Waals surface area (Å²) in [7, 11) is -3.63. The van der Waals surface area contributed by atoms with Gasteiger partial charge in [0.05, 0.1) is 5.75 Å². The lowest BCUT2D eigenvalue weighted by molar-refractivity contribution is -0.131. The van der Waals surface area contributed by atoms with Crippen LogP contribution in [-0.2, 0) is 26.7 Å². The Morgan fingerprint density at radius 2 is 1.77 bits per heavy atom. The molecule has 1 saturated carbocycles. The Hall–Kier alpha value is -1.97. The SMILES string of the molecule is CCC1(CS(=O)(=O)N2CCC3(CCc4ccccc43)CC2)C(N2C(=O)NC(CCCCN)C2=O)CC(C)C1(C)C. The zero-order chi connectivity index (χ0) is 28.9. The Kier molecular flexibility index (Phi) is 7.90. The number of imide groups is 1. The van der Waals surface area contributed by atoms with Gasteiger partial charge in [0.25, 0.3) is 5.91 Å². The van der Waals surface area contributed by atoms with Crippen molar-refractivity contribution in [2.75, 3.05) is 25.4 Å². The molecule has 8 nitrogen and oxygen atoms in total. The Morgan fingerprint density at radius 1 is 1.07 bits per heavy atom. The minimum Gasteiger partial charge on any atom is -0.330 e. The molecule has 2 aliphatic carbocycles. The molecule has 2 aliphatic heterocycles. The average molecular weight is 573 g/mol. The van der Waals surface area contributed by atoms with Gasteiger partial charge in [0.15, 0.2) is 0 Å². The van der Waals surface area contributed by atoms with E-state index in [1.54, 1.807) is 4.31 Å². The number of urea groups is 1. The topological polar surface area (TPSA) is 113 Å². The molecule has 4 unspecified atom stereocenters. The number of piperidine rings is 1. The van der Waals surface area contributed by atoms with Gasteiger partial charge >= 0.3 is 6.03 Å². The van der Waals surface area contributed by atoms with E-state index in [0.29, 0.717) is 38.9 Å². The molecule has 40 heavy (non-hydrogen) atoms. The Bertz CT molecular complexity index is 1240. The second kappa shape index (κ2) is 10.7. The van der Waals surface area contributed by atoms with Crippen LogP contribution in [0.1, 0.15) is 90.2 Å². The van der Waals surface area contributed by atoms with E-state index in [0.717, 1.165) is 38.5 Å². The van der Waals surface area contributed by atoms with Gasteiger partial charge < -0.3 is 11.1 Å². The van der Waals surface area contributed by atoms with Crippen molar-refractivity contribution < 1.29 is 18.0 Å². The minimum absolute atomic E-state index is 0.0446. The molecule has 0 radical (unpaired) electrons. The third-order valence-corrected chi connectivity index (χ3v) is 13.7. The van der Waals surface area contributed by atoms with Crippen molar-refractivity contribution in [2.24, 2.45) is 22.5 Å². The van der Waals surface area contributed by atoms with Gasteiger partial charge in [0, 0.05) is 24.5 Å². The number of hydrogen-bond acceptors (Lipinski definition) is 5. The monoisotopic (exact) mass is 572 g/mol. The molecular weight excluding hydrogens is 524 g/mol. The lowest BCUT2D eigenvalue weighted by Crippen LogP contribution is -2.57. The van der Waals surface area contributed by atoms with E-state index in [1.165, 1.54) is 16.0 Å². The molecule has 1 aromatic carbocycles. The quantitative estimate of drug-likeness (QED) is 0.341. The van der Waals surface area contributed by atoms with Crippen molar-refractivity contribution in [1.29, 1.82) is 0 Å². The predicted molar refractivity (Wildman–Crippen MR) is 157 cm³/mol. The molecule has 3 fully saturated rings. The normalized spacial score (nSPS) is 31.6. The molecule has 0 bridgehead atoms. The van der Waals surface area contributed by atoms with Gasteiger partial charge in [-0.05, 0) is 92.2 Å². The van der Waals surface area contributed by atoms with Crippen molar-refractivity contribution in [2.45, 2.75) is 103 Å². The summed E-state index contributed by atoms with van der Waals surface area (Å²) in [5.41, 5.74) is 7.41. The van der Waals surface area contributed by atoms with Crippen LogP contribution in [0.15, 0.2) is 24.3 Å². The highest BCUT2D eigenvalue weighted by molar-refractivity contribution is 7.89. The summed E-state index contributed by atoms with van der Waals surface area (Å²) < 4.78 is 30.1. The number of carbonyl (C=O) groups is 2. The highest BCUT2D eigenvalue weighted by Crippen LogP contribution is 2.60. The number of hydrogen-bond donors (Lipinski definition) is 2. The number of carbonyl (C=O) groups excluding carboxylic acids is 2. The van der Waals surface area contributed by atoms with Crippen LogP contribution in [0.5, 0.6) is 0 Å². The van der Waals surface area contributed by atoms with E-state index in [1.807, 2.05) is 6.92 Å². The summed E-state index contributed by atoms with van der Waals surface area (Å²) in [6.07, 6.45) is 7.14. The lowest BCUT2D eigenvalue weighted by atomic mass is 9.63. The van der Waals surface area contributed by atoms with Crippen molar-refractivity contribution in [3.63, 3.8) is 0 Å². The third-order valence-electron chi connectivity index (χ3n) is 11.6. The molecule has 2 heterocycles. The smallest absolute Gasteiger partial charge is 0.325 e. The first-order chi connectivity index (χ1) is 18.9. The molecule has 2 saturated heterocycles. The highest BCUT2D eigenvalue weighted by Gasteiger charge is 2.64. The van der Waals surface area contributed by atoms with Crippen LogP contribution in [0.3, 0.4) is 0 Å². The van der Waals surface area contributed by atoms with Crippen molar-refractivity contribution in [3.05, 3.63) is 35.4 Å². The number of unbranched alkanes of at least 4 members (excludes halogenated alkanes) is 1. The molecule has 3 amide bonds. The summed E-state index contributed by atoms with van der Waals surface area (Å²) in [5, 5.41) is 2.89. The number of fused-ring (bicyclic) bond motifs is 2. The number of sulfonamides is 1. The van der Waals surface area contributed by atoms with Gasteiger partial charge in [-0.25, -0.2) is 17.5 Å². The molecule has 5 rings (SSSR count). The summed E-state index contributed by atoms with van der Waals surface area (Å²) >= 11 is 0. The summed E-state index contributed by atoms with van der Waals surface area (Å²) in [4.78, 5) is 28.2. The van der Waals surface area contributed by atoms with E-state index in [2.05, 4.69) is 50.4 Å². The highest BCUT2D eigenvalue weighted by atomic mass is 32.2. The Morgan fingerprint density at radius 3 is 2.45 bits per heavy atom. The van der Waals surface area contributed by atoms with E-state index in [4.69, 9.17) is 5.73 Å². The molecule has 0 aromatic heterocycles. The minimum atomic E-state index is -3.63. The molecule has 4 atom stereocenters. The maximum atomic E-state index is 14.2. The largest absolute Gasteiger partial charge is 0.330 e. The average Bonchev–Trinajstić information content (AvgIpc) is 3.48. The zero-order valence-electron chi connectivity index (χ0n) is 24.7. The van der Waals surface area contributed by atoms with Gasteiger partial charge in [0.1, 0.15) is 6.04 Å². The summed E-state index contributed by atoms with van der Waals surface area (Å²) in [6.45, 7) is 10.0. The standard InChI is InChI=1S/C31H48N4O4S/c1-5-31(21-40(38,39)34-18-15-30(16-19-34)14-13-23-10-6-7-11-24(23)30)26(20-22(2)29(31,3)4)35-27(36)25(33-28(35)37)12-8-9-17-32/h6-7,10-11,22,25-26H,5,8-9,12-21,32H2,1-4H3,(H,33,37). The predicted octanol–water partition coefficient (Wildman–Crippen LogP) is 4.18. The molecule has 3 N–H and O–H groups in total. The molecule has 1 aromatic rings. The molecule has 4 aliphatic rings. The summed E-state index contributed by atoms with van der Waals surface area (Å²) in [5.74, 6) is -0.104. The number of aryl methyl sites for hydroxylation is 1. The van der Waals surface area contributed by atoms with Gasteiger partial charge in [-0.3, -0.25) is 9.69 Å². The number of nitrogens with two attached hydrogens (primary N) is 1. The lowest BCUT2D eigenvalue weighted by Gasteiger charge is -2.49. The van der Waals surface area contributed by atoms with Crippen molar-refractivity contribution in [3.8, 4) is 0 Å². The first-order valence-electron chi connectivity index (χ1n) is 15.3. The van der Waals surface area contributed by atoms with Gasteiger partial charge in [-0.15, -0.1) is 0 Å². The van der Waals surface area contributed by atoms with Crippen LogP contribution < -0.4 is 11.1 Å². The van der Waals surface area contributed by atoms with Crippen LogP contribution >= 0.6 is 0 Å². The molecule has 222 valence electrons. The van der Waals surface area contributed by atoms with Crippen LogP contribution in [0.2, 0.25) is 0 Å². The maximum Gasteiger partial charge on any atom is 0.325 e. The van der Waals surface area contributed by atoms with Gasteiger partial charge in [-0.1, -0.05) is 52.0 Å². The Labute approximate surface area is 240 Å². The number of nitrogens with zero attached hydrogens (tertiary/aromatic N) is 2. The van der Waals surface area contributed by atoms with Crippen molar-refractivity contribution >= 4 is 22.0 Å². The van der Waals surface area contributed by atoms with Crippen LogP contribution in [0.4, 0.5) is 4.79 Å².